The van der Waals surface area contributed by atoms with Gasteiger partial charge in [0.15, 0.2) is 0 Å². The van der Waals surface area contributed by atoms with E-state index in [0.717, 1.165) is 11.4 Å². The van der Waals surface area contributed by atoms with Crippen LogP contribution in [0.2, 0.25) is 0 Å². The first kappa shape index (κ1) is 26.2. The van der Waals surface area contributed by atoms with E-state index in [1.54, 1.807) is 0 Å². The summed E-state index contributed by atoms with van der Waals surface area (Å²) in [6.45, 7) is 21.5. The number of rotatable bonds is 5. The van der Waals surface area contributed by atoms with Crippen molar-refractivity contribution in [3.05, 3.63) is 83.5 Å². The average Bonchev–Trinajstić information content (AvgIpc) is 3.16. The molecule has 1 aliphatic carbocycles. The summed E-state index contributed by atoms with van der Waals surface area (Å²) >= 11 is 0. The molecule has 0 saturated heterocycles. The molecule has 0 saturated carbocycles. The van der Waals surface area contributed by atoms with Crippen molar-refractivity contribution in [3.63, 3.8) is 0 Å². The highest BCUT2D eigenvalue weighted by atomic mass is 31.1. The molecule has 0 spiro atoms. The van der Waals surface area contributed by atoms with Gasteiger partial charge in [-0.15, -0.1) is 9.24 Å². The average molecular weight is 481 g/mol. The van der Waals surface area contributed by atoms with Gasteiger partial charge < -0.3 is 0 Å². The van der Waals surface area contributed by atoms with E-state index in [9.17, 15) is 0 Å². The molecule has 1 aliphatic rings. The fraction of sp³-hybridized carbons (Fsp3) is 0.517. The minimum Gasteiger partial charge on any atom is -0.260 e. The predicted molar refractivity (Wildman–Crippen MR) is 149 cm³/mol. The maximum Gasteiger partial charge on any atom is 0.0902 e. The van der Waals surface area contributed by atoms with E-state index in [2.05, 4.69) is 108 Å². The molecule has 0 bridgehead atoms. The van der Waals surface area contributed by atoms with Gasteiger partial charge in [0, 0.05) is 18.3 Å². The summed E-state index contributed by atoms with van der Waals surface area (Å²) in [6.07, 6.45) is 9.98. The Morgan fingerprint density at radius 2 is 1.27 bits per heavy atom. The topological polar surface area (TPSA) is 25.8 Å². The second-order valence-corrected chi connectivity index (χ2v) is 17.0. The largest absolute Gasteiger partial charge is 0.260 e. The maximum atomic E-state index is 4.85. The highest BCUT2D eigenvalue weighted by molar-refractivity contribution is 7.60. The molecule has 3 rings (SSSR count). The predicted octanol–water partition coefficient (Wildman–Crippen LogP) is 8.20. The first-order valence-electron chi connectivity index (χ1n) is 12.0. The zero-order valence-electron chi connectivity index (χ0n) is 22.0. The van der Waals surface area contributed by atoms with Crippen molar-refractivity contribution in [1.29, 1.82) is 0 Å². The van der Waals surface area contributed by atoms with Crippen molar-refractivity contribution in [3.8, 4) is 0 Å². The summed E-state index contributed by atoms with van der Waals surface area (Å²) in [7, 11) is 2.92. The summed E-state index contributed by atoms with van der Waals surface area (Å²) in [6, 6.07) is 12.4. The van der Waals surface area contributed by atoms with E-state index >= 15 is 0 Å². The summed E-state index contributed by atoms with van der Waals surface area (Å²) < 4.78 is 0. The first-order chi connectivity index (χ1) is 15.1. The summed E-state index contributed by atoms with van der Waals surface area (Å²) in [5.74, 6) is 0.352. The molecule has 178 valence electrons. The van der Waals surface area contributed by atoms with Gasteiger partial charge in [-0.1, -0.05) is 94.5 Å². The van der Waals surface area contributed by atoms with Gasteiger partial charge in [-0.05, 0) is 57.3 Å². The second kappa shape index (κ2) is 9.36. The third kappa shape index (κ3) is 5.66. The van der Waals surface area contributed by atoms with Gasteiger partial charge >= 0.3 is 0 Å². The Labute approximate surface area is 205 Å². The fourth-order valence-electron chi connectivity index (χ4n) is 5.02. The summed E-state index contributed by atoms with van der Waals surface area (Å²) in [5.41, 5.74) is 4.97. The molecule has 0 fully saturated rings. The van der Waals surface area contributed by atoms with Gasteiger partial charge in [0.25, 0.3) is 0 Å². The Hall–Kier alpha value is -1.36. The smallest absolute Gasteiger partial charge is 0.0902 e. The monoisotopic (exact) mass is 480 g/mol. The molecule has 33 heavy (non-hydrogen) atoms. The molecule has 0 N–H and O–H groups in total. The lowest BCUT2D eigenvalue weighted by molar-refractivity contribution is 0.516. The second-order valence-electron chi connectivity index (χ2n) is 12.3. The molecule has 2 heterocycles. The molecule has 2 unspecified atom stereocenters. The highest BCUT2D eigenvalue weighted by Crippen LogP contribution is 2.63. The van der Waals surface area contributed by atoms with Gasteiger partial charge in [-0.25, -0.2) is 0 Å². The number of hydrogen-bond acceptors (Lipinski definition) is 2. The molecule has 2 atom stereocenters. The third-order valence-electron chi connectivity index (χ3n) is 6.55. The van der Waals surface area contributed by atoms with Crippen LogP contribution in [-0.4, -0.2) is 26.4 Å². The quantitative estimate of drug-likeness (QED) is 0.403. The zero-order chi connectivity index (χ0) is 24.7. The van der Waals surface area contributed by atoms with Crippen LogP contribution in [0.25, 0.3) is 0 Å². The van der Waals surface area contributed by atoms with Gasteiger partial charge in [0.05, 0.1) is 16.5 Å². The Morgan fingerprint density at radius 3 is 1.64 bits per heavy atom. The lowest BCUT2D eigenvalue weighted by atomic mass is 9.84. The van der Waals surface area contributed by atoms with Crippen LogP contribution in [0.15, 0.2) is 72.1 Å². The third-order valence-corrected chi connectivity index (χ3v) is 11.5. The number of nitrogens with zero attached hydrogens (tertiary/aromatic N) is 2. The zero-order valence-corrected chi connectivity index (χ0v) is 24.0. The minimum atomic E-state index is -0.465. The number of allylic oxidation sites excluding steroid dienone is 4. The Kier molecular flexibility index (Phi) is 7.44. The molecule has 0 aromatic carbocycles. The minimum absolute atomic E-state index is 0.0893. The normalized spacial score (nSPS) is 17.8. The van der Waals surface area contributed by atoms with Crippen molar-refractivity contribution in [2.75, 3.05) is 6.16 Å². The van der Waals surface area contributed by atoms with Crippen LogP contribution in [0.4, 0.5) is 0 Å². The maximum absolute atomic E-state index is 4.85. The Bertz CT molecular complexity index is 950. The molecule has 0 radical (unpaired) electrons. The van der Waals surface area contributed by atoms with Crippen molar-refractivity contribution in [2.45, 2.75) is 77.8 Å². The highest BCUT2D eigenvalue weighted by Gasteiger charge is 2.45. The Balaban J connectivity index is 2.21. The number of hydrogen-bond donors (Lipinski definition) is 0. The van der Waals surface area contributed by atoms with Gasteiger partial charge in [-0.2, -0.15) is 0 Å². The standard InChI is InChI=1S/C29H42N2P2/c1-26(2,3)22-18-21(20-33(27(4,5)6)28(7,8)9)23(19-22)29(32,24-14-10-12-16-30-24)25-15-11-13-17-31-25/h10-19,21H,20,32H2,1-9H3. The van der Waals surface area contributed by atoms with Gasteiger partial charge in [-0.3, -0.25) is 9.97 Å². The van der Waals surface area contributed by atoms with Crippen molar-refractivity contribution < 1.29 is 0 Å². The van der Waals surface area contributed by atoms with Crippen molar-refractivity contribution in [1.82, 2.24) is 9.97 Å². The van der Waals surface area contributed by atoms with E-state index in [0.29, 0.717) is 5.92 Å². The van der Waals surface area contributed by atoms with Crippen LogP contribution in [-0.2, 0) is 5.16 Å². The van der Waals surface area contributed by atoms with E-state index in [-0.39, 0.29) is 23.6 Å². The summed E-state index contributed by atoms with van der Waals surface area (Å²) in [5, 5.41) is 0.0839. The Morgan fingerprint density at radius 1 is 0.788 bits per heavy atom. The number of pyridine rings is 2. The number of aromatic nitrogens is 2. The summed E-state index contributed by atoms with van der Waals surface area (Å²) in [4.78, 5) is 9.70. The lowest BCUT2D eigenvalue weighted by Gasteiger charge is -2.44. The van der Waals surface area contributed by atoms with Crippen LogP contribution in [0.3, 0.4) is 0 Å². The van der Waals surface area contributed by atoms with Crippen LogP contribution < -0.4 is 0 Å². The van der Waals surface area contributed by atoms with Crippen LogP contribution in [0.1, 0.15) is 73.7 Å². The molecule has 2 nitrogen and oxygen atoms in total. The van der Waals surface area contributed by atoms with Crippen molar-refractivity contribution >= 4 is 17.2 Å². The van der Waals surface area contributed by atoms with Crippen LogP contribution in [0, 0.1) is 11.3 Å². The van der Waals surface area contributed by atoms with Crippen molar-refractivity contribution in [2.24, 2.45) is 11.3 Å². The molecule has 4 heteroatoms. The van der Waals surface area contributed by atoms with E-state index in [4.69, 9.17) is 9.97 Å². The SMILES string of the molecule is CC(C)(C)C1=CC(CP(C(C)(C)C)C(C)(C)C)C(C(P)(c2ccccn2)c2ccccn2)=C1. The van der Waals surface area contributed by atoms with Gasteiger partial charge in [0.1, 0.15) is 0 Å². The molecule has 0 amide bonds. The van der Waals surface area contributed by atoms with E-state index in [1.165, 1.54) is 17.3 Å². The molecule has 2 aromatic heterocycles. The fourth-order valence-corrected chi connectivity index (χ4v) is 9.47. The van der Waals surface area contributed by atoms with E-state index < -0.39 is 5.16 Å². The van der Waals surface area contributed by atoms with Gasteiger partial charge in [0.2, 0.25) is 0 Å². The van der Waals surface area contributed by atoms with E-state index in [1.807, 2.05) is 24.5 Å². The van der Waals surface area contributed by atoms with Crippen LogP contribution >= 0.6 is 17.2 Å². The first-order valence-corrected chi connectivity index (χ1v) is 14.1. The molecular formula is C29H42N2P2. The molecular weight excluding hydrogens is 438 g/mol. The molecule has 2 aromatic rings. The lowest BCUT2D eigenvalue weighted by Crippen LogP contribution is -2.32. The van der Waals surface area contributed by atoms with Crippen LogP contribution in [0.5, 0.6) is 0 Å². The molecule has 0 aliphatic heterocycles.